The lowest BCUT2D eigenvalue weighted by atomic mass is 9.88. The van der Waals surface area contributed by atoms with Crippen LogP contribution in [0.3, 0.4) is 0 Å². The molecule has 1 saturated heterocycles. The molecule has 1 aliphatic rings. The smallest absolute Gasteiger partial charge is 0.419 e. The summed E-state index contributed by atoms with van der Waals surface area (Å²) in [5.41, 5.74) is -1.24. The van der Waals surface area contributed by atoms with Gasteiger partial charge in [-0.1, -0.05) is 17.7 Å². The van der Waals surface area contributed by atoms with Crippen LogP contribution in [0.2, 0.25) is 0 Å². The van der Waals surface area contributed by atoms with Crippen molar-refractivity contribution in [3.05, 3.63) is 83.7 Å². The molecular formula is C31H31F4N5O4S. The van der Waals surface area contributed by atoms with Crippen LogP contribution in [0, 0.1) is 12.7 Å². The van der Waals surface area contributed by atoms with Gasteiger partial charge >= 0.3 is 12.3 Å². The number of carbonyl (C=O) groups is 1. The van der Waals surface area contributed by atoms with Crippen molar-refractivity contribution in [2.75, 3.05) is 13.1 Å². The van der Waals surface area contributed by atoms with Crippen LogP contribution in [0.5, 0.6) is 0 Å². The summed E-state index contributed by atoms with van der Waals surface area (Å²) in [7, 11) is -4.48. The van der Waals surface area contributed by atoms with Gasteiger partial charge in [-0.25, -0.2) is 19.2 Å². The molecule has 3 heterocycles. The number of aryl methyl sites for hydroxylation is 1. The summed E-state index contributed by atoms with van der Waals surface area (Å²) in [5.74, 6) is -1.92. The Labute approximate surface area is 257 Å². The lowest BCUT2D eigenvalue weighted by Crippen LogP contribution is -2.41. The lowest BCUT2D eigenvalue weighted by molar-refractivity contribution is -0.139. The van der Waals surface area contributed by atoms with E-state index < -0.39 is 45.2 Å². The van der Waals surface area contributed by atoms with E-state index in [1.54, 1.807) is 44.7 Å². The molecular weight excluding hydrogens is 614 g/mol. The Kier molecular flexibility index (Phi) is 8.47. The molecule has 0 spiro atoms. The van der Waals surface area contributed by atoms with E-state index >= 15 is 0 Å². The minimum absolute atomic E-state index is 0.143. The predicted octanol–water partition coefficient (Wildman–Crippen LogP) is 6.82. The Hall–Kier alpha value is -4.33. The van der Waals surface area contributed by atoms with Gasteiger partial charge in [0.05, 0.1) is 33.1 Å². The number of halogens is 4. The second-order valence-electron chi connectivity index (χ2n) is 11.8. The van der Waals surface area contributed by atoms with Gasteiger partial charge in [0, 0.05) is 30.8 Å². The zero-order valence-corrected chi connectivity index (χ0v) is 25.8. The number of amides is 1. The van der Waals surface area contributed by atoms with Crippen molar-refractivity contribution >= 4 is 16.1 Å². The number of rotatable bonds is 5. The lowest BCUT2D eigenvalue weighted by Gasteiger charge is -2.33. The van der Waals surface area contributed by atoms with Gasteiger partial charge in [0.1, 0.15) is 17.7 Å². The molecule has 4 aromatic rings. The van der Waals surface area contributed by atoms with E-state index in [0.717, 1.165) is 11.6 Å². The SMILES string of the molecule is Cc1ccc(S(=O)(=O)n2nc(C3CCN(C(=O)OC(C)(C)C)CC3)c(-c3ccncn3)c2-c2ccc(F)c(C(F)(F)F)c2)cc1. The van der Waals surface area contributed by atoms with Crippen molar-refractivity contribution in [2.24, 2.45) is 0 Å². The number of ether oxygens (including phenoxy) is 1. The number of carbonyl (C=O) groups excluding carboxylic acids is 1. The normalized spacial score (nSPS) is 14.9. The highest BCUT2D eigenvalue weighted by atomic mass is 32.2. The number of piperidine rings is 1. The van der Waals surface area contributed by atoms with Crippen LogP contribution in [0.1, 0.15) is 56.4 Å². The zero-order chi connectivity index (χ0) is 32.7. The van der Waals surface area contributed by atoms with Crippen molar-refractivity contribution in [2.45, 2.75) is 63.1 Å². The summed E-state index contributed by atoms with van der Waals surface area (Å²) in [6.07, 6.45) is -2.18. The monoisotopic (exact) mass is 645 g/mol. The molecule has 2 aromatic carbocycles. The molecule has 238 valence electrons. The molecule has 0 unspecified atom stereocenters. The third-order valence-corrected chi connectivity index (χ3v) is 8.93. The topological polar surface area (TPSA) is 107 Å². The molecule has 0 atom stereocenters. The van der Waals surface area contributed by atoms with Crippen molar-refractivity contribution in [1.82, 2.24) is 24.1 Å². The molecule has 45 heavy (non-hydrogen) atoms. The summed E-state index contributed by atoms with van der Waals surface area (Å²) in [5, 5.41) is 4.56. The maximum Gasteiger partial charge on any atom is 0.419 e. The summed E-state index contributed by atoms with van der Waals surface area (Å²) < 4.78 is 90.5. The van der Waals surface area contributed by atoms with Gasteiger partial charge in [0.15, 0.2) is 0 Å². The fourth-order valence-electron chi connectivity index (χ4n) is 5.18. The minimum atomic E-state index is -5.05. The summed E-state index contributed by atoms with van der Waals surface area (Å²) >= 11 is 0. The van der Waals surface area contributed by atoms with E-state index in [2.05, 4.69) is 15.1 Å². The molecule has 1 fully saturated rings. The number of hydrogen-bond donors (Lipinski definition) is 0. The highest BCUT2D eigenvalue weighted by Crippen LogP contribution is 2.43. The minimum Gasteiger partial charge on any atom is -0.444 e. The van der Waals surface area contributed by atoms with Gasteiger partial charge in [-0.3, -0.25) is 0 Å². The number of alkyl halides is 3. The maximum atomic E-state index is 14.4. The maximum absolute atomic E-state index is 14.4. The fraction of sp³-hybridized carbons (Fsp3) is 0.355. The molecule has 2 aromatic heterocycles. The molecule has 1 amide bonds. The van der Waals surface area contributed by atoms with Gasteiger partial charge < -0.3 is 9.64 Å². The number of aromatic nitrogens is 4. The summed E-state index contributed by atoms with van der Waals surface area (Å²) in [6.45, 7) is 7.59. The van der Waals surface area contributed by atoms with Gasteiger partial charge in [0.25, 0.3) is 10.0 Å². The number of likely N-dealkylation sites (tertiary alicyclic amines) is 1. The Morgan fingerprint density at radius 2 is 1.67 bits per heavy atom. The van der Waals surface area contributed by atoms with Crippen LogP contribution in [0.25, 0.3) is 22.5 Å². The Bertz CT molecular complexity index is 1810. The molecule has 0 saturated carbocycles. The van der Waals surface area contributed by atoms with Gasteiger partial charge in [-0.05, 0) is 76.9 Å². The van der Waals surface area contributed by atoms with Gasteiger partial charge in [0.2, 0.25) is 0 Å². The average molecular weight is 646 g/mol. The third-order valence-electron chi connectivity index (χ3n) is 7.35. The van der Waals surface area contributed by atoms with Crippen molar-refractivity contribution in [3.8, 4) is 22.5 Å². The Morgan fingerprint density at radius 3 is 2.24 bits per heavy atom. The summed E-state index contributed by atoms with van der Waals surface area (Å²) in [4.78, 5) is 22.3. The molecule has 0 bridgehead atoms. The summed E-state index contributed by atoms with van der Waals surface area (Å²) in [6, 6.07) is 9.75. The molecule has 0 radical (unpaired) electrons. The average Bonchev–Trinajstić information content (AvgIpc) is 3.38. The number of benzene rings is 2. The third kappa shape index (κ3) is 6.70. The zero-order valence-electron chi connectivity index (χ0n) is 25.0. The van der Waals surface area contributed by atoms with E-state index in [-0.39, 0.29) is 46.2 Å². The Balaban J connectivity index is 1.72. The van der Waals surface area contributed by atoms with E-state index in [4.69, 9.17) is 4.74 Å². The first-order valence-corrected chi connectivity index (χ1v) is 15.6. The first kappa shape index (κ1) is 32.1. The van der Waals surface area contributed by atoms with Crippen molar-refractivity contribution in [1.29, 1.82) is 0 Å². The van der Waals surface area contributed by atoms with E-state index in [0.29, 0.717) is 29.1 Å². The van der Waals surface area contributed by atoms with Gasteiger partial charge in [-0.15, -0.1) is 0 Å². The Morgan fingerprint density at radius 1 is 1.00 bits per heavy atom. The molecule has 0 N–H and O–H groups in total. The second-order valence-corrected chi connectivity index (χ2v) is 13.6. The molecule has 1 aliphatic heterocycles. The van der Waals surface area contributed by atoms with Crippen LogP contribution in [0.4, 0.5) is 22.4 Å². The van der Waals surface area contributed by atoms with Crippen LogP contribution < -0.4 is 0 Å². The molecule has 0 aliphatic carbocycles. The van der Waals surface area contributed by atoms with Crippen LogP contribution in [0.15, 0.2) is 66.0 Å². The standard InChI is InChI=1S/C31H31F4N5O4S/c1-19-5-8-22(9-6-19)45(42,43)40-28(21-7-10-24(32)23(17-21)31(33,34)35)26(25-11-14-36-18-37-25)27(38-40)20-12-15-39(16-13-20)29(41)44-30(2,3)4/h5-11,14,17-18,20H,12-13,15-16H2,1-4H3. The first-order chi connectivity index (χ1) is 21.1. The second kappa shape index (κ2) is 11.9. The molecule has 14 heteroatoms. The van der Waals surface area contributed by atoms with Crippen molar-refractivity contribution < 1.29 is 35.5 Å². The molecule has 5 rings (SSSR count). The number of hydrogen-bond acceptors (Lipinski definition) is 7. The molecule has 9 nitrogen and oxygen atoms in total. The van der Waals surface area contributed by atoms with Crippen LogP contribution in [-0.4, -0.2) is 57.3 Å². The van der Waals surface area contributed by atoms with Crippen LogP contribution >= 0.6 is 0 Å². The first-order valence-electron chi connectivity index (χ1n) is 14.1. The highest BCUT2D eigenvalue weighted by molar-refractivity contribution is 7.90. The van der Waals surface area contributed by atoms with E-state index in [1.165, 1.54) is 30.7 Å². The highest BCUT2D eigenvalue weighted by Gasteiger charge is 2.38. The van der Waals surface area contributed by atoms with E-state index in [9.17, 15) is 30.8 Å². The fourth-order valence-corrected chi connectivity index (χ4v) is 6.49. The predicted molar refractivity (Wildman–Crippen MR) is 157 cm³/mol. The van der Waals surface area contributed by atoms with Crippen molar-refractivity contribution in [3.63, 3.8) is 0 Å². The quantitative estimate of drug-likeness (QED) is 0.219. The van der Waals surface area contributed by atoms with Crippen LogP contribution in [-0.2, 0) is 20.9 Å². The largest absolute Gasteiger partial charge is 0.444 e. The van der Waals surface area contributed by atoms with Gasteiger partial charge in [-0.2, -0.15) is 30.8 Å². The number of nitrogens with zero attached hydrogens (tertiary/aromatic N) is 5. The van der Waals surface area contributed by atoms with E-state index in [1.807, 2.05) is 0 Å².